The predicted molar refractivity (Wildman–Crippen MR) is 51.2 cm³/mol. The van der Waals surface area contributed by atoms with Gasteiger partial charge in [0.25, 0.3) is 5.92 Å². The van der Waals surface area contributed by atoms with Crippen LogP contribution in [0.4, 0.5) is 17.6 Å². The Labute approximate surface area is 95.5 Å². The third kappa shape index (κ3) is 2.14. The monoisotopic (exact) mass is 269 g/mol. The highest BCUT2D eigenvalue weighted by Gasteiger charge is 2.49. The lowest BCUT2D eigenvalue weighted by Crippen LogP contribution is -2.33. The van der Waals surface area contributed by atoms with E-state index in [1.54, 1.807) is 4.72 Å². The predicted octanol–water partition coefficient (Wildman–Crippen LogP) is 1.31. The maximum atomic E-state index is 13.5. The van der Waals surface area contributed by atoms with Gasteiger partial charge in [-0.1, -0.05) is 0 Å². The molecule has 2 rings (SSSR count). The molecule has 1 aromatic rings. The molecule has 0 heterocycles. The molecule has 1 aromatic carbocycles. The van der Waals surface area contributed by atoms with Gasteiger partial charge in [-0.25, -0.2) is 30.7 Å². The summed E-state index contributed by atoms with van der Waals surface area (Å²) in [6, 6.07) is -0.738. The SMILES string of the molecule is O=[SH](=O)N[C@H]1c2c(F)cc(F)cc2CC1(F)F. The quantitative estimate of drug-likeness (QED) is 0.628. The van der Waals surface area contributed by atoms with E-state index in [0.717, 1.165) is 6.07 Å². The number of benzene rings is 1. The zero-order chi connectivity index (χ0) is 12.8. The molecule has 1 aliphatic rings. The molecular weight excluding hydrogens is 262 g/mol. The van der Waals surface area contributed by atoms with E-state index in [4.69, 9.17) is 0 Å². The Balaban J connectivity index is 2.55. The zero-order valence-corrected chi connectivity index (χ0v) is 9.11. The van der Waals surface area contributed by atoms with Gasteiger partial charge in [-0.15, -0.1) is 0 Å². The molecule has 0 aliphatic heterocycles. The van der Waals surface area contributed by atoms with Gasteiger partial charge < -0.3 is 0 Å². The summed E-state index contributed by atoms with van der Waals surface area (Å²) in [6.07, 6.45) is -0.891. The van der Waals surface area contributed by atoms with Crippen LogP contribution in [0.2, 0.25) is 0 Å². The van der Waals surface area contributed by atoms with Gasteiger partial charge in [-0.2, -0.15) is 0 Å². The van der Waals surface area contributed by atoms with E-state index in [2.05, 4.69) is 0 Å². The molecule has 1 atom stereocenters. The van der Waals surface area contributed by atoms with Crippen molar-refractivity contribution in [2.75, 3.05) is 0 Å². The summed E-state index contributed by atoms with van der Waals surface area (Å²) >= 11 is 0. The van der Waals surface area contributed by atoms with Crippen LogP contribution in [0.15, 0.2) is 12.1 Å². The topological polar surface area (TPSA) is 46.2 Å². The Kier molecular flexibility index (Phi) is 2.86. The van der Waals surface area contributed by atoms with E-state index in [9.17, 15) is 26.0 Å². The van der Waals surface area contributed by atoms with E-state index in [1.165, 1.54) is 0 Å². The Morgan fingerprint density at radius 2 is 1.94 bits per heavy atom. The van der Waals surface area contributed by atoms with Gasteiger partial charge in [-0.3, -0.25) is 0 Å². The summed E-state index contributed by atoms with van der Waals surface area (Å²) in [5.74, 6) is -5.61. The Morgan fingerprint density at radius 1 is 1.29 bits per heavy atom. The van der Waals surface area contributed by atoms with Crippen molar-refractivity contribution in [1.82, 2.24) is 4.72 Å². The maximum Gasteiger partial charge on any atom is 0.272 e. The van der Waals surface area contributed by atoms with E-state index in [-0.39, 0.29) is 5.56 Å². The highest BCUT2D eigenvalue weighted by molar-refractivity contribution is 7.70. The molecule has 1 aliphatic carbocycles. The molecule has 0 saturated heterocycles. The van der Waals surface area contributed by atoms with Gasteiger partial charge in [0.2, 0.25) is 10.9 Å². The number of fused-ring (bicyclic) bond motifs is 1. The molecule has 0 saturated carbocycles. The van der Waals surface area contributed by atoms with Gasteiger partial charge in [0.1, 0.15) is 17.7 Å². The maximum absolute atomic E-state index is 13.5. The van der Waals surface area contributed by atoms with Gasteiger partial charge >= 0.3 is 0 Å². The summed E-state index contributed by atoms with van der Waals surface area (Å²) < 4.78 is 75.6. The molecule has 0 fully saturated rings. The van der Waals surface area contributed by atoms with Crippen LogP contribution in [-0.2, 0) is 17.3 Å². The summed E-state index contributed by atoms with van der Waals surface area (Å²) in [5.41, 5.74) is -0.711. The van der Waals surface area contributed by atoms with Crippen LogP contribution >= 0.6 is 0 Å². The zero-order valence-electron chi connectivity index (χ0n) is 8.21. The van der Waals surface area contributed by atoms with Crippen molar-refractivity contribution >= 4 is 10.9 Å². The van der Waals surface area contributed by atoms with Crippen LogP contribution in [0, 0.1) is 11.6 Å². The van der Waals surface area contributed by atoms with Crippen molar-refractivity contribution in [2.45, 2.75) is 18.4 Å². The van der Waals surface area contributed by atoms with Crippen LogP contribution in [0.3, 0.4) is 0 Å². The Morgan fingerprint density at radius 3 is 2.53 bits per heavy atom. The third-order valence-electron chi connectivity index (χ3n) is 2.55. The van der Waals surface area contributed by atoms with Crippen LogP contribution in [0.25, 0.3) is 0 Å². The first kappa shape index (κ1) is 12.3. The highest BCUT2D eigenvalue weighted by atomic mass is 32.2. The minimum atomic E-state index is -3.47. The first-order valence-electron chi connectivity index (χ1n) is 4.57. The largest absolute Gasteiger partial charge is 0.272 e. The van der Waals surface area contributed by atoms with Gasteiger partial charge in [0, 0.05) is 18.1 Å². The van der Waals surface area contributed by atoms with Crippen molar-refractivity contribution < 1.29 is 26.0 Å². The molecule has 17 heavy (non-hydrogen) atoms. The Bertz CT molecular complexity index is 536. The molecule has 94 valence electrons. The third-order valence-corrected chi connectivity index (χ3v) is 3.02. The second-order valence-corrected chi connectivity index (χ2v) is 4.49. The van der Waals surface area contributed by atoms with Crippen LogP contribution < -0.4 is 4.72 Å². The molecule has 0 spiro atoms. The Hall–Kier alpha value is -1.15. The number of alkyl halides is 2. The number of hydrogen-bond donors (Lipinski definition) is 2. The fourth-order valence-electron chi connectivity index (χ4n) is 1.94. The van der Waals surface area contributed by atoms with E-state index in [1.807, 2.05) is 0 Å². The molecule has 3 nitrogen and oxygen atoms in total. The summed E-state index contributed by atoms with van der Waals surface area (Å²) in [5, 5.41) is 0. The van der Waals surface area contributed by atoms with E-state index < -0.39 is 46.5 Å². The van der Waals surface area contributed by atoms with Crippen LogP contribution in [-0.4, -0.2) is 14.3 Å². The summed E-state index contributed by atoms with van der Waals surface area (Å²) in [7, 11) is -3.30. The van der Waals surface area contributed by atoms with Crippen molar-refractivity contribution in [2.24, 2.45) is 0 Å². The molecule has 8 heteroatoms. The normalized spacial score (nSPS) is 21.8. The molecular formula is C9H7F4NO2S. The summed E-state index contributed by atoms with van der Waals surface area (Å²) in [4.78, 5) is 0. The lowest BCUT2D eigenvalue weighted by Gasteiger charge is -2.18. The standard InChI is InChI=1S/C9H7F4NO2S/c10-5-1-4-3-9(12,13)8(14-17(15)16)7(4)6(11)2-5/h1-2,8,17H,3H2,(H,14,15,16)/t8-/m0/s1. The van der Waals surface area contributed by atoms with Crippen molar-refractivity contribution in [1.29, 1.82) is 0 Å². The minimum Gasteiger partial charge on any atom is -0.215 e. The van der Waals surface area contributed by atoms with Crippen LogP contribution in [0.1, 0.15) is 17.2 Å². The summed E-state index contributed by atoms with van der Waals surface area (Å²) in [6.45, 7) is 0. The van der Waals surface area contributed by atoms with Crippen molar-refractivity contribution in [3.05, 3.63) is 34.9 Å². The number of rotatable bonds is 2. The van der Waals surface area contributed by atoms with E-state index >= 15 is 0 Å². The van der Waals surface area contributed by atoms with Gasteiger partial charge in [-0.05, 0) is 11.6 Å². The first-order chi connectivity index (χ1) is 7.81. The fourth-order valence-corrected chi connectivity index (χ4v) is 2.47. The number of halogens is 4. The molecule has 0 aromatic heterocycles. The van der Waals surface area contributed by atoms with Gasteiger partial charge in [0.05, 0.1) is 0 Å². The van der Waals surface area contributed by atoms with Crippen molar-refractivity contribution in [3.63, 3.8) is 0 Å². The van der Waals surface area contributed by atoms with E-state index in [0.29, 0.717) is 6.07 Å². The molecule has 0 amide bonds. The van der Waals surface area contributed by atoms with Gasteiger partial charge in [0.15, 0.2) is 0 Å². The van der Waals surface area contributed by atoms with Crippen LogP contribution in [0.5, 0.6) is 0 Å². The lowest BCUT2D eigenvalue weighted by atomic mass is 10.1. The average molecular weight is 269 g/mol. The molecule has 0 bridgehead atoms. The number of nitrogens with one attached hydrogen (secondary N) is 1. The molecule has 0 unspecified atom stereocenters. The number of hydrogen-bond acceptors (Lipinski definition) is 2. The molecule has 1 N–H and O–H groups in total. The lowest BCUT2D eigenvalue weighted by molar-refractivity contribution is -0.0190. The highest BCUT2D eigenvalue weighted by Crippen LogP contribution is 2.44. The molecule has 0 radical (unpaired) electrons. The minimum absolute atomic E-state index is 0.221. The first-order valence-corrected chi connectivity index (χ1v) is 5.75. The number of thiol groups is 1. The average Bonchev–Trinajstić information content (AvgIpc) is 2.36. The smallest absolute Gasteiger partial charge is 0.215 e. The second-order valence-electron chi connectivity index (χ2n) is 3.72. The fraction of sp³-hybridized carbons (Fsp3) is 0.333. The second kappa shape index (κ2) is 3.95. The van der Waals surface area contributed by atoms with Crippen molar-refractivity contribution in [3.8, 4) is 0 Å².